The topological polar surface area (TPSA) is 101 Å². The molecule has 0 bridgehead atoms. The Morgan fingerprint density at radius 1 is 1.06 bits per heavy atom. The van der Waals surface area contributed by atoms with Gasteiger partial charge in [-0.3, -0.25) is 0 Å². The Morgan fingerprint density at radius 3 is 2.31 bits per heavy atom. The Hall–Kier alpha value is -2.36. The van der Waals surface area contributed by atoms with Crippen LogP contribution in [0, 0.1) is 17.5 Å². The van der Waals surface area contributed by atoms with E-state index in [4.69, 9.17) is 16.3 Å². The Kier molecular flexibility index (Phi) is 7.55. The van der Waals surface area contributed by atoms with Gasteiger partial charge in [-0.1, -0.05) is 28.6 Å². The van der Waals surface area contributed by atoms with Crippen LogP contribution in [0.4, 0.5) is 26.3 Å². The van der Waals surface area contributed by atoms with Gasteiger partial charge in [-0.15, -0.1) is 5.10 Å². The SMILES string of the molecule is OCC1O[C@H](Sc2ccc(C(F)(F)F)c(Cl)c2)C(O)C(n2cc(-c3cc(F)c(F)c(F)c3)nn2)[C@H]1O. The van der Waals surface area contributed by atoms with Crippen molar-refractivity contribution in [1.29, 1.82) is 0 Å². The van der Waals surface area contributed by atoms with Crippen LogP contribution in [0.15, 0.2) is 41.4 Å². The molecule has 194 valence electrons. The third-order valence-corrected chi connectivity index (χ3v) is 6.90. The largest absolute Gasteiger partial charge is 0.417 e. The van der Waals surface area contributed by atoms with Crippen molar-refractivity contribution in [3.63, 3.8) is 0 Å². The summed E-state index contributed by atoms with van der Waals surface area (Å²) in [6.45, 7) is -0.689. The van der Waals surface area contributed by atoms with Crippen LogP contribution in [0.1, 0.15) is 11.6 Å². The van der Waals surface area contributed by atoms with Gasteiger partial charge in [-0.05, 0) is 30.3 Å². The summed E-state index contributed by atoms with van der Waals surface area (Å²) in [7, 11) is 0. The second-order valence-electron chi connectivity index (χ2n) is 7.79. The van der Waals surface area contributed by atoms with Gasteiger partial charge in [0.15, 0.2) is 17.5 Å². The number of ether oxygens (including phenoxy) is 1. The third kappa shape index (κ3) is 5.19. The first-order valence-corrected chi connectivity index (χ1v) is 11.4. The summed E-state index contributed by atoms with van der Waals surface area (Å²) in [5.41, 5.74) is -2.55. The first-order valence-electron chi connectivity index (χ1n) is 10.1. The smallest absolute Gasteiger partial charge is 0.394 e. The zero-order valence-electron chi connectivity index (χ0n) is 17.7. The first kappa shape index (κ1) is 26.7. The number of alkyl halides is 3. The van der Waals surface area contributed by atoms with Crippen molar-refractivity contribution in [3.8, 4) is 11.3 Å². The number of rotatable bonds is 5. The molecule has 1 aliphatic rings. The predicted molar refractivity (Wildman–Crippen MR) is 114 cm³/mol. The fourth-order valence-corrected chi connectivity index (χ4v) is 5.12. The quantitative estimate of drug-likeness (QED) is 0.325. The van der Waals surface area contributed by atoms with Gasteiger partial charge in [-0.25, -0.2) is 17.9 Å². The van der Waals surface area contributed by atoms with E-state index in [-0.39, 0.29) is 16.2 Å². The molecule has 5 atom stereocenters. The van der Waals surface area contributed by atoms with Crippen molar-refractivity contribution in [3.05, 3.63) is 64.6 Å². The highest BCUT2D eigenvalue weighted by Gasteiger charge is 2.46. The molecule has 0 spiro atoms. The molecule has 0 amide bonds. The molecule has 3 N–H and O–H groups in total. The Labute approximate surface area is 208 Å². The van der Waals surface area contributed by atoms with E-state index in [1.54, 1.807) is 0 Å². The molecule has 4 rings (SSSR count). The number of hydrogen-bond acceptors (Lipinski definition) is 7. The molecule has 3 unspecified atom stereocenters. The lowest BCUT2D eigenvalue weighted by atomic mass is 9.97. The molecule has 2 aromatic carbocycles. The molecule has 2 heterocycles. The standard InChI is InChI=1S/C21H16ClF6N3O4S/c22-11-5-9(1-2-10(11)21(26,27)28)36-20-19(34)17(18(33)15(7-32)35-20)31-6-14(29-30-31)8-3-12(23)16(25)13(24)4-8/h1-6,15,17-20,32-34H,7H2/t15?,17?,18-,19?,20+/m0/s1. The summed E-state index contributed by atoms with van der Waals surface area (Å²) in [6.07, 6.45) is -7.85. The maximum absolute atomic E-state index is 13.6. The molecule has 0 saturated carbocycles. The molecule has 15 heteroatoms. The Balaban J connectivity index is 1.62. The van der Waals surface area contributed by atoms with Crippen LogP contribution in [-0.2, 0) is 10.9 Å². The summed E-state index contributed by atoms with van der Waals surface area (Å²) in [6, 6.07) is 2.99. The van der Waals surface area contributed by atoms with Gasteiger partial charge in [0.05, 0.1) is 23.4 Å². The molecule has 1 fully saturated rings. The van der Waals surface area contributed by atoms with Crippen molar-refractivity contribution < 1.29 is 46.4 Å². The van der Waals surface area contributed by atoms with Crippen LogP contribution >= 0.6 is 23.4 Å². The number of aliphatic hydroxyl groups excluding tert-OH is 3. The van der Waals surface area contributed by atoms with Gasteiger partial charge in [0.2, 0.25) is 0 Å². The van der Waals surface area contributed by atoms with E-state index in [0.717, 1.165) is 40.8 Å². The van der Waals surface area contributed by atoms with Crippen LogP contribution in [0.5, 0.6) is 0 Å². The van der Waals surface area contributed by atoms with Gasteiger partial charge >= 0.3 is 6.18 Å². The number of aliphatic hydroxyl groups is 3. The Bertz CT molecular complexity index is 1240. The van der Waals surface area contributed by atoms with Crippen molar-refractivity contribution >= 4 is 23.4 Å². The van der Waals surface area contributed by atoms with Gasteiger partial charge in [0, 0.05) is 10.5 Å². The fourth-order valence-electron chi connectivity index (χ4n) is 3.67. The summed E-state index contributed by atoms with van der Waals surface area (Å²) in [5, 5.41) is 38.2. The van der Waals surface area contributed by atoms with E-state index in [2.05, 4.69) is 10.3 Å². The molecule has 0 radical (unpaired) electrons. The molecule has 1 saturated heterocycles. The molecular formula is C21H16ClF6N3O4S. The monoisotopic (exact) mass is 555 g/mol. The number of halogens is 7. The number of benzene rings is 2. The summed E-state index contributed by atoms with van der Waals surface area (Å²) in [4.78, 5) is 0.195. The molecular weight excluding hydrogens is 540 g/mol. The van der Waals surface area contributed by atoms with Crippen LogP contribution in [0.2, 0.25) is 5.02 Å². The molecule has 0 aliphatic carbocycles. The van der Waals surface area contributed by atoms with Crippen LogP contribution < -0.4 is 0 Å². The molecule has 7 nitrogen and oxygen atoms in total. The van der Waals surface area contributed by atoms with Gasteiger partial charge < -0.3 is 20.1 Å². The number of thioether (sulfide) groups is 1. The Morgan fingerprint density at radius 2 is 1.72 bits per heavy atom. The van der Waals surface area contributed by atoms with Crippen molar-refractivity contribution in [2.75, 3.05) is 6.61 Å². The fraction of sp³-hybridized carbons (Fsp3) is 0.333. The van der Waals surface area contributed by atoms with Gasteiger partial charge in [-0.2, -0.15) is 13.2 Å². The highest BCUT2D eigenvalue weighted by Crippen LogP contribution is 2.41. The second-order valence-corrected chi connectivity index (χ2v) is 9.37. The second kappa shape index (κ2) is 10.2. The van der Waals surface area contributed by atoms with E-state index in [9.17, 15) is 41.7 Å². The summed E-state index contributed by atoms with van der Waals surface area (Å²) < 4.78 is 86.0. The molecule has 36 heavy (non-hydrogen) atoms. The summed E-state index contributed by atoms with van der Waals surface area (Å²) >= 11 is 6.53. The molecule has 3 aromatic rings. The number of nitrogens with zero attached hydrogens (tertiary/aromatic N) is 3. The zero-order chi connectivity index (χ0) is 26.4. The van der Waals surface area contributed by atoms with Crippen LogP contribution in [0.3, 0.4) is 0 Å². The first-order chi connectivity index (χ1) is 16.9. The van der Waals surface area contributed by atoms with E-state index < -0.39 is 70.6 Å². The lowest BCUT2D eigenvalue weighted by molar-refractivity contribution is -0.178. The van der Waals surface area contributed by atoms with E-state index in [0.29, 0.717) is 12.1 Å². The van der Waals surface area contributed by atoms with Gasteiger partial charge in [0.1, 0.15) is 35.5 Å². The number of hydrogen-bond donors (Lipinski definition) is 3. The van der Waals surface area contributed by atoms with E-state index in [1.165, 1.54) is 0 Å². The lowest BCUT2D eigenvalue weighted by Gasteiger charge is -2.41. The normalized spacial score (nSPS) is 24.8. The maximum atomic E-state index is 13.6. The summed E-state index contributed by atoms with van der Waals surface area (Å²) in [5.74, 6) is -4.59. The number of aromatic nitrogens is 3. The molecule has 1 aromatic heterocycles. The minimum absolute atomic E-state index is 0.113. The van der Waals surface area contributed by atoms with Crippen molar-refractivity contribution in [2.24, 2.45) is 0 Å². The molecule has 1 aliphatic heterocycles. The predicted octanol–water partition coefficient (Wildman–Crippen LogP) is 3.81. The van der Waals surface area contributed by atoms with Crippen LogP contribution in [-0.4, -0.2) is 60.7 Å². The average Bonchev–Trinajstić information content (AvgIpc) is 3.28. The van der Waals surface area contributed by atoms with E-state index >= 15 is 0 Å². The average molecular weight is 556 g/mol. The highest BCUT2D eigenvalue weighted by molar-refractivity contribution is 7.99. The minimum Gasteiger partial charge on any atom is -0.394 e. The lowest BCUT2D eigenvalue weighted by Crippen LogP contribution is -2.55. The van der Waals surface area contributed by atoms with Crippen LogP contribution in [0.25, 0.3) is 11.3 Å². The van der Waals surface area contributed by atoms with E-state index in [1.807, 2.05) is 0 Å². The zero-order valence-corrected chi connectivity index (χ0v) is 19.3. The van der Waals surface area contributed by atoms with Crippen molar-refractivity contribution in [1.82, 2.24) is 15.0 Å². The highest BCUT2D eigenvalue weighted by atomic mass is 35.5. The minimum atomic E-state index is -4.67. The van der Waals surface area contributed by atoms with Gasteiger partial charge in [0.25, 0.3) is 0 Å². The van der Waals surface area contributed by atoms with Crippen molar-refractivity contribution in [2.45, 2.75) is 40.9 Å². The maximum Gasteiger partial charge on any atom is 0.417 e. The third-order valence-electron chi connectivity index (χ3n) is 5.44.